The monoisotopic (exact) mass is 240 g/mol. The minimum absolute atomic E-state index is 0.0820. The predicted octanol–water partition coefficient (Wildman–Crippen LogP) is 1.23. The molecule has 0 radical (unpaired) electrons. The van der Waals surface area contributed by atoms with Crippen molar-refractivity contribution in [1.29, 1.82) is 0 Å². The molecule has 1 atom stereocenters. The van der Waals surface area contributed by atoms with E-state index in [1.165, 1.54) is 6.92 Å². The molecule has 1 unspecified atom stereocenters. The predicted molar refractivity (Wildman–Crippen MR) is 64.1 cm³/mol. The summed E-state index contributed by atoms with van der Waals surface area (Å²) in [4.78, 5) is 24.3. The molecule has 0 aliphatic carbocycles. The van der Waals surface area contributed by atoms with Gasteiger partial charge in [0.25, 0.3) is 0 Å². The number of thiophene rings is 1. The third-order valence-electron chi connectivity index (χ3n) is 2.17. The van der Waals surface area contributed by atoms with Gasteiger partial charge in [0, 0.05) is 20.5 Å². The van der Waals surface area contributed by atoms with Crippen molar-refractivity contribution in [3.05, 3.63) is 22.4 Å². The molecule has 1 N–H and O–H groups in total. The molecule has 5 heteroatoms. The first-order valence-electron chi connectivity index (χ1n) is 5.04. The van der Waals surface area contributed by atoms with Crippen LogP contribution < -0.4 is 5.32 Å². The smallest absolute Gasteiger partial charge is 0.244 e. The van der Waals surface area contributed by atoms with Crippen LogP contribution >= 0.6 is 11.3 Å². The molecule has 0 fully saturated rings. The second-order valence-electron chi connectivity index (χ2n) is 3.75. The summed E-state index contributed by atoms with van der Waals surface area (Å²) in [5.41, 5.74) is 1.11. The van der Waals surface area contributed by atoms with Gasteiger partial charge in [0.2, 0.25) is 11.8 Å². The van der Waals surface area contributed by atoms with Crippen molar-refractivity contribution in [3.63, 3.8) is 0 Å². The SMILES string of the molecule is CC(=O)NC(C)C(=O)N(C)Cc1ccsc1. The fourth-order valence-electron chi connectivity index (χ4n) is 1.43. The first kappa shape index (κ1) is 12.7. The zero-order chi connectivity index (χ0) is 12.1. The summed E-state index contributed by atoms with van der Waals surface area (Å²) in [6.45, 7) is 3.67. The van der Waals surface area contributed by atoms with Gasteiger partial charge in [-0.2, -0.15) is 11.3 Å². The Hall–Kier alpha value is -1.36. The summed E-state index contributed by atoms with van der Waals surface area (Å²) in [5, 5.41) is 6.56. The number of nitrogens with zero attached hydrogens (tertiary/aromatic N) is 1. The Labute approximate surface area is 99.3 Å². The average molecular weight is 240 g/mol. The van der Waals surface area contributed by atoms with Crippen molar-refractivity contribution in [2.45, 2.75) is 26.4 Å². The van der Waals surface area contributed by atoms with Crippen LogP contribution in [0.4, 0.5) is 0 Å². The molecule has 0 saturated carbocycles. The zero-order valence-electron chi connectivity index (χ0n) is 9.69. The molecule has 1 heterocycles. The Morgan fingerprint density at radius 1 is 1.56 bits per heavy atom. The Balaban J connectivity index is 2.50. The third-order valence-corrected chi connectivity index (χ3v) is 2.90. The van der Waals surface area contributed by atoms with Gasteiger partial charge in [-0.05, 0) is 29.3 Å². The summed E-state index contributed by atoms with van der Waals surface area (Å²) in [6, 6.07) is 1.51. The van der Waals surface area contributed by atoms with Crippen LogP contribution in [0.3, 0.4) is 0 Å². The van der Waals surface area contributed by atoms with Gasteiger partial charge in [-0.3, -0.25) is 9.59 Å². The number of hydrogen-bond donors (Lipinski definition) is 1. The summed E-state index contributed by atoms with van der Waals surface area (Å²) in [5.74, 6) is -0.272. The quantitative estimate of drug-likeness (QED) is 0.860. The van der Waals surface area contributed by atoms with E-state index in [4.69, 9.17) is 0 Å². The molecule has 16 heavy (non-hydrogen) atoms. The molecule has 0 aromatic carbocycles. The number of amides is 2. The molecule has 4 nitrogen and oxygen atoms in total. The second-order valence-corrected chi connectivity index (χ2v) is 4.53. The van der Waals surface area contributed by atoms with Gasteiger partial charge in [0.1, 0.15) is 6.04 Å². The Morgan fingerprint density at radius 2 is 2.25 bits per heavy atom. The molecule has 0 saturated heterocycles. The molecule has 0 spiro atoms. The second kappa shape index (κ2) is 5.65. The third kappa shape index (κ3) is 3.66. The van der Waals surface area contributed by atoms with Gasteiger partial charge < -0.3 is 10.2 Å². The zero-order valence-corrected chi connectivity index (χ0v) is 10.5. The van der Waals surface area contributed by atoms with Gasteiger partial charge in [-0.1, -0.05) is 0 Å². The fourth-order valence-corrected chi connectivity index (χ4v) is 2.09. The van der Waals surface area contributed by atoms with Gasteiger partial charge in [0.05, 0.1) is 0 Å². The summed E-state index contributed by atoms with van der Waals surface area (Å²) >= 11 is 1.60. The minimum Gasteiger partial charge on any atom is -0.345 e. The largest absolute Gasteiger partial charge is 0.345 e. The lowest BCUT2D eigenvalue weighted by atomic mass is 10.2. The first-order chi connectivity index (χ1) is 7.50. The van der Waals surface area contributed by atoms with Gasteiger partial charge in [0.15, 0.2) is 0 Å². The molecule has 0 aliphatic rings. The normalized spacial score (nSPS) is 11.9. The van der Waals surface area contributed by atoms with E-state index >= 15 is 0 Å². The minimum atomic E-state index is -0.471. The molecule has 1 aromatic heterocycles. The number of carbonyl (C=O) groups is 2. The fraction of sp³-hybridized carbons (Fsp3) is 0.455. The first-order valence-corrected chi connectivity index (χ1v) is 5.98. The highest BCUT2D eigenvalue weighted by atomic mass is 32.1. The lowest BCUT2D eigenvalue weighted by Crippen LogP contribution is -2.44. The summed E-state index contributed by atoms with van der Waals surface area (Å²) < 4.78 is 0. The van der Waals surface area contributed by atoms with Crippen LogP contribution in [0, 0.1) is 0 Å². The van der Waals surface area contributed by atoms with E-state index in [-0.39, 0.29) is 11.8 Å². The van der Waals surface area contributed by atoms with Crippen LogP contribution in [0.25, 0.3) is 0 Å². The maximum absolute atomic E-state index is 11.8. The average Bonchev–Trinajstić information content (AvgIpc) is 2.68. The van der Waals surface area contributed by atoms with E-state index in [2.05, 4.69) is 5.32 Å². The number of hydrogen-bond acceptors (Lipinski definition) is 3. The van der Waals surface area contributed by atoms with Crippen LogP contribution in [0.2, 0.25) is 0 Å². The Kier molecular flexibility index (Phi) is 4.49. The van der Waals surface area contributed by atoms with E-state index in [9.17, 15) is 9.59 Å². The summed E-state index contributed by atoms with van der Waals surface area (Å²) in [7, 11) is 1.73. The van der Waals surface area contributed by atoms with Crippen molar-refractivity contribution >= 4 is 23.2 Å². The van der Waals surface area contributed by atoms with Gasteiger partial charge >= 0.3 is 0 Å². The van der Waals surface area contributed by atoms with Crippen molar-refractivity contribution in [1.82, 2.24) is 10.2 Å². The highest BCUT2D eigenvalue weighted by molar-refractivity contribution is 7.07. The number of carbonyl (C=O) groups excluding carboxylic acids is 2. The molecule has 88 valence electrons. The van der Waals surface area contributed by atoms with Gasteiger partial charge in [-0.25, -0.2) is 0 Å². The molecule has 1 aromatic rings. The standard InChI is InChI=1S/C11H16N2O2S/c1-8(12-9(2)14)11(15)13(3)6-10-4-5-16-7-10/h4-5,7-8H,6H2,1-3H3,(H,12,14). The maximum atomic E-state index is 11.8. The molecular formula is C11H16N2O2S. The van der Waals surface area contributed by atoms with E-state index in [0.717, 1.165) is 5.56 Å². The van der Waals surface area contributed by atoms with Crippen molar-refractivity contribution < 1.29 is 9.59 Å². The highest BCUT2D eigenvalue weighted by Crippen LogP contribution is 2.09. The lowest BCUT2D eigenvalue weighted by Gasteiger charge is -2.21. The summed E-state index contributed by atoms with van der Waals surface area (Å²) in [6.07, 6.45) is 0. The van der Waals surface area contributed by atoms with Crippen molar-refractivity contribution in [3.8, 4) is 0 Å². The molecule has 1 rings (SSSR count). The number of rotatable bonds is 4. The topological polar surface area (TPSA) is 49.4 Å². The van der Waals surface area contributed by atoms with Gasteiger partial charge in [-0.15, -0.1) is 0 Å². The van der Waals surface area contributed by atoms with Crippen LogP contribution in [-0.2, 0) is 16.1 Å². The Morgan fingerprint density at radius 3 is 2.75 bits per heavy atom. The molecule has 0 aliphatic heterocycles. The molecular weight excluding hydrogens is 224 g/mol. The van der Waals surface area contributed by atoms with Crippen LogP contribution in [0.1, 0.15) is 19.4 Å². The highest BCUT2D eigenvalue weighted by Gasteiger charge is 2.18. The van der Waals surface area contributed by atoms with E-state index in [1.54, 1.807) is 30.2 Å². The van der Waals surface area contributed by atoms with E-state index in [1.807, 2.05) is 16.8 Å². The van der Waals surface area contributed by atoms with Crippen molar-refractivity contribution in [2.75, 3.05) is 7.05 Å². The lowest BCUT2D eigenvalue weighted by molar-refractivity contribution is -0.134. The van der Waals surface area contributed by atoms with E-state index < -0.39 is 6.04 Å². The molecule has 2 amide bonds. The van der Waals surface area contributed by atoms with Crippen LogP contribution in [-0.4, -0.2) is 29.8 Å². The molecule has 0 bridgehead atoms. The number of likely N-dealkylation sites (N-methyl/N-ethyl adjacent to an activating group) is 1. The van der Waals surface area contributed by atoms with Crippen LogP contribution in [0.5, 0.6) is 0 Å². The maximum Gasteiger partial charge on any atom is 0.244 e. The van der Waals surface area contributed by atoms with E-state index in [0.29, 0.717) is 6.54 Å². The van der Waals surface area contributed by atoms with Crippen LogP contribution in [0.15, 0.2) is 16.8 Å². The van der Waals surface area contributed by atoms with Crippen molar-refractivity contribution in [2.24, 2.45) is 0 Å². The number of nitrogens with one attached hydrogen (secondary N) is 1. The Bertz CT molecular complexity index is 362.